The molecule has 2 N–H and O–H groups in total. The predicted molar refractivity (Wildman–Crippen MR) is 496 cm³/mol. The Morgan fingerprint density at radius 1 is 0.380 bits per heavy atom. The number of carbonyl (C=O) groups excluding carboxylic acids is 6. The molecule has 0 saturated carbocycles. The van der Waals surface area contributed by atoms with Gasteiger partial charge < -0.3 is 58.2 Å². The van der Waals surface area contributed by atoms with Gasteiger partial charge in [0.05, 0.1) is 70.2 Å². The summed E-state index contributed by atoms with van der Waals surface area (Å²) >= 11 is 0. The molecular weight excluding hydrogens is 1640 g/mol. The third-order valence-electron chi connectivity index (χ3n) is 22.7. The number of carbonyl (C=O) groups is 8. The van der Waals surface area contributed by atoms with Gasteiger partial charge in [0.25, 0.3) is 17.7 Å². The second-order valence-electron chi connectivity index (χ2n) is 36.4. The van der Waals surface area contributed by atoms with Crippen molar-refractivity contribution in [2.75, 3.05) is 73.9 Å². The van der Waals surface area contributed by atoms with Crippen LogP contribution in [0.3, 0.4) is 0 Å². The number of carboxylic acids is 2. The molecule has 0 unspecified atom stereocenters. The smallest absolute Gasteiger partial charge is 0.335 e. The van der Waals surface area contributed by atoms with Gasteiger partial charge in [-0.25, -0.2) is 4.79 Å². The molecule has 0 atom stereocenters. The molecule has 1 saturated heterocycles. The van der Waals surface area contributed by atoms with Crippen molar-refractivity contribution in [1.82, 2.24) is 39.1 Å². The number of aliphatic carboxylic acids is 1. The molecule has 14 rings (SSSR count). The Balaban J connectivity index is 0.000000171. The highest BCUT2D eigenvalue weighted by Gasteiger charge is 2.33. The maximum Gasteiger partial charge on any atom is 0.335 e. The Morgan fingerprint density at radius 3 is 1.00 bits per heavy atom. The zero-order valence-corrected chi connectivity index (χ0v) is 77.6. The molecule has 0 spiro atoms. The van der Waals surface area contributed by atoms with Crippen molar-refractivity contribution >= 4 is 64.6 Å². The maximum atomic E-state index is 13.8. The van der Waals surface area contributed by atoms with E-state index in [9.17, 15) is 38.4 Å². The molecule has 0 radical (unpaired) electrons. The summed E-state index contributed by atoms with van der Waals surface area (Å²) in [7, 11) is 5.82. The fraction of sp³-hybridized carbons (Fsp3) is 0.422. The number of amides is 4. The highest BCUT2D eigenvalue weighted by molar-refractivity contribution is 6.08. The number of aromatic carboxylic acids is 1. The van der Waals surface area contributed by atoms with Crippen LogP contribution in [0.1, 0.15) is 234 Å². The largest absolute Gasteiger partial charge is 0.493 e. The Bertz CT molecular complexity index is 5640. The van der Waals surface area contributed by atoms with Gasteiger partial charge in [0, 0.05) is 160 Å². The van der Waals surface area contributed by atoms with E-state index in [1.165, 1.54) is 12.5 Å². The van der Waals surface area contributed by atoms with Gasteiger partial charge in [-0.15, -0.1) is 0 Å². The van der Waals surface area contributed by atoms with E-state index < -0.39 is 23.1 Å². The number of aromatic nitrogens is 6. The first-order valence-corrected chi connectivity index (χ1v) is 44.3. The number of aryl methyl sites for hydroxylation is 7. The number of para-hydroxylation sites is 3. The minimum atomic E-state index is -0.963. The number of carboxylic acid groups (broad SMARTS) is 2. The zero-order valence-electron chi connectivity index (χ0n) is 77.6. The first-order chi connectivity index (χ1) is 61.3. The van der Waals surface area contributed by atoms with Crippen LogP contribution in [-0.2, 0) is 88.7 Å². The van der Waals surface area contributed by atoms with Crippen molar-refractivity contribution in [1.29, 1.82) is 0 Å². The van der Waals surface area contributed by atoms with Crippen molar-refractivity contribution in [3.8, 4) is 23.0 Å². The molecule has 4 aliphatic heterocycles. The molecular formula is C102H125N11O16. The van der Waals surface area contributed by atoms with E-state index in [0.29, 0.717) is 130 Å². The summed E-state index contributed by atoms with van der Waals surface area (Å²) in [6, 6.07) is 45.3. The first kappa shape index (κ1) is 96.7. The minimum Gasteiger partial charge on any atom is -0.493 e. The van der Waals surface area contributed by atoms with E-state index in [4.69, 9.17) is 38.6 Å². The molecule has 10 aromatic rings. The summed E-state index contributed by atoms with van der Waals surface area (Å²) in [4.78, 5) is 109. The molecule has 0 aliphatic carbocycles. The number of fused-ring (bicyclic) bond motifs is 6. The van der Waals surface area contributed by atoms with Gasteiger partial charge in [0.2, 0.25) is 5.91 Å². The lowest BCUT2D eigenvalue weighted by Crippen LogP contribution is -2.49. The van der Waals surface area contributed by atoms with Crippen molar-refractivity contribution in [2.24, 2.45) is 26.6 Å². The molecule has 684 valence electrons. The van der Waals surface area contributed by atoms with Gasteiger partial charge in [0.15, 0.2) is 0 Å². The summed E-state index contributed by atoms with van der Waals surface area (Å²) in [5, 5.41) is 30.8. The van der Waals surface area contributed by atoms with Crippen LogP contribution in [0, 0.1) is 33.1 Å². The lowest BCUT2D eigenvalue weighted by molar-refractivity contribution is -0.156. The number of ether oxygens (including phenoxy) is 6. The predicted octanol–water partition coefficient (Wildman–Crippen LogP) is 17.1. The fourth-order valence-corrected chi connectivity index (χ4v) is 15.7. The van der Waals surface area contributed by atoms with Crippen LogP contribution >= 0.6 is 0 Å². The normalized spacial score (nSPS) is 13.5. The minimum absolute atomic E-state index is 0.0436. The number of piperazine rings is 1. The highest BCUT2D eigenvalue weighted by Crippen LogP contribution is 2.37. The standard InChI is InChI=1S/C34H45N5O3.C28H33N3O4.C24H25N3O4.C16H22O5/c1-25-21-27(33(41)39-24-28-23-35-36(5)30(28)22-26-9-6-7-10-29(26)39)12-13-31(25)42-20-8-11-32(40)38-18-16-37(17-19-38)15-14-34(2,3)4;1-19-15-21(12-13-25(19)34-14-8-11-26(32)35-28(2,3)4)27(33)31-18-22-17-29-30(5)24(22)16-20-9-6-7-10-23(20)31;1-16-12-18(9-10-22(16)31-11-5-8-23(28)29)24(30)27-15-19-14-25-26(2)21(19)13-17-6-3-4-7-20(17)27;1-11-10-12(15(18)19)7-8-13(11)20-9-5-6-14(17)21-16(2,3)4/h6-7,9-10,12-13,21,23H,8,11,14-20,22,24H2,1-5H3;6-7,9-10,12-13,15,17H,8,11,14,16,18H2,1-5H3;3-4,6-7,9-10,12,14H,5,8,11,13,15H2,1-2H3,(H,28,29);7-8,10H,5-6,9H2,1-4H3,(H,18,19). The maximum absolute atomic E-state index is 13.8. The third kappa shape index (κ3) is 27.1. The molecule has 7 aromatic carbocycles. The lowest BCUT2D eigenvalue weighted by atomic mass is 9.92. The van der Waals surface area contributed by atoms with E-state index in [-0.39, 0.29) is 47.6 Å². The SMILES string of the molecule is Cc1cc(C(=O)N2Cc3cnn(C)c3Cc3ccccc32)ccc1OCCCC(=O)N1CCN(CCC(C)(C)C)CC1.Cc1cc(C(=O)N2Cc3cnn(C)c3Cc3ccccc32)ccc1OCCCC(=O)O.Cc1cc(C(=O)N2Cc3cnn(C)c3Cc3ccccc32)ccc1OCCCC(=O)OC(C)(C)C.Cc1cc(C(=O)O)ccc1OCCCC(=O)OC(C)(C)C. The molecule has 3 aromatic heterocycles. The van der Waals surface area contributed by atoms with E-state index in [2.05, 4.69) is 59.2 Å². The van der Waals surface area contributed by atoms with Gasteiger partial charge >= 0.3 is 23.9 Å². The number of hydrogen-bond donors (Lipinski definition) is 2. The van der Waals surface area contributed by atoms with Crippen LogP contribution in [-0.4, -0.2) is 167 Å². The Labute approximate surface area is 757 Å². The fourth-order valence-electron chi connectivity index (χ4n) is 15.7. The van der Waals surface area contributed by atoms with Crippen LogP contribution < -0.4 is 33.6 Å². The number of benzene rings is 7. The lowest BCUT2D eigenvalue weighted by Gasteiger charge is -2.36. The molecule has 1 fully saturated rings. The molecule has 4 amide bonds. The Hall–Kier alpha value is -12.9. The van der Waals surface area contributed by atoms with Crippen LogP contribution in [0.15, 0.2) is 164 Å². The second kappa shape index (κ2) is 43.7. The van der Waals surface area contributed by atoms with Gasteiger partial charge in [-0.05, 0) is 243 Å². The molecule has 27 heteroatoms. The summed E-state index contributed by atoms with van der Waals surface area (Å²) in [6.45, 7) is 33.0. The molecule has 27 nitrogen and oxygen atoms in total. The van der Waals surface area contributed by atoms with Crippen molar-refractivity contribution in [3.63, 3.8) is 0 Å². The number of rotatable bonds is 26. The molecule has 0 bridgehead atoms. The summed E-state index contributed by atoms with van der Waals surface area (Å²) in [5.74, 6) is 0.492. The number of anilines is 3. The monoisotopic (exact) mass is 1760 g/mol. The van der Waals surface area contributed by atoms with Gasteiger partial charge in [-0.1, -0.05) is 75.4 Å². The van der Waals surface area contributed by atoms with E-state index >= 15 is 0 Å². The van der Waals surface area contributed by atoms with E-state index in [1.54, 1.807) is 37.3 Å². The molecule has 4 aliphatic rings. The Kier molecular flexibility index (Phi) is 32.8. The second-order valence-corrected chi connectivity index (χ2v) is 36.4. The summed E-state index contributed by atoms with van der Waals surface area (Å²) in [5.41, 5.74) is 17.4. The topological polar surface area (TPSA) is 302 Å². The average Bonchev–Trinajstić information content (AvgIpc) is 1.65. The van der Waals surface area contributed by atoms with Gasteiger partial charge in [-0.2, -0.15) is 15.3 Å². The average molecular weight is 1760 g/mol. The Morgan fingerprint density at radius 2 is 0.690 bits per heavy atom. The van der Waals surface area contributed by atoms with Crippen molar-refractivity contribution < 1.29 is 77.0 Å². The summed E-state index contributed by atoms with van der Waals surface area (Å²) < 4.78 is 39.4. The molecule has 7 heterocycles. The van der Waals surface area contributed by atoms with Crippen LogP contribution in [0.4, 0.5) is 17.1 Å². The van der Waals surface area contributed by atoms with E-state index in [1.807, 2.05) is 227 Å². The third-order valence-corrected chi connectivity index (χ3v) is 22.7. The first-order valence-electron chi connectivity index (χ1n) is 44.3. The van der Waals surface area contributed by atoms with Crippen LogP contribution in [0.5, 0.6) is 23.0 Å². The number of hydrogen-bond acceptors (Lipinski definition) is 18. The quantitative estimate of drug-likeness (QED) is 0.0376. The van der Waals surface area contributed by atoms with E-state index in [0.717, 1.165) is 148 Å². The van der Waals surface area contributed by atoms with Gasteiger partial charge in [0.1, 0.15) is 34.2 Å². The zero-order chi connectivity index (χ0) is 93.0. The molecule has 129 heavy (non-hydrogen) atoms. The van der Waals surface area contributed by atoms with Crippen LogP contribution in [0.2, 0.25) is 0 Å². The van der Waals surface area contributed by atoms with Gasteiger partial charge in [-0.3, -0.25) is 52.5 Å². The van der Waals surface area contributed by atoms with Crippen molar-refractivity contribution in [3.05, 3.63) is 259 Å². The number of nitrogens with zero attached hydrogens (tertiary/aromatic N) is 11. The highest BCUT2D eigenvalue weighted by atomic mass is 16.6. The number of esters is 2. The van der Waals surface area contributed by atoms with Crippen LogP contribution in [0.25, 0.3) is 0 Å². The van der Waals surface area contributed by atoms with Crippen molar-refractivity contribution in [2.45, 2.75) is 198 Å². The summed E-state index contributed by atoms with van der Waals surface area (Å²) in [6.07, 6.45) is 12.3.